The van der Waals surface area contributed by atoms with Gasteiger partial charge in [-0.3, -0.25) is 9.69 Å². The zero-order valence-electron chi connectivity index (χ0n) is 12.0. The molecule has 0 aliphatic carbocycles. The van der Waals surface area contributed by atoms with E-state index < -0.39 is 0 Å². The molecule has 19 heavy (non-hydrogen) atoms. The summed E-state index contributed by atoms with van der Waals surface area (Å²) in [4.78, 5) is 18.6. The SMILES string of the molecule is CN1CCN(Cc2ccsc2)CC(C(=O)N(C)C)C1. The molecule has 1 aromatic heterocycles. The predicted octanol–water partition coefficient (Wildman–Crippen LogP) is 1.20. The summed E-state index contributed by atoms with van der Waals surface area (Å²) in [5, 5.41) is 4.30. The van der Waals surface area contributed by atoms with Gasteiger partial charge in [-0.15, -0.1) is 0 Å². The van der Waals surface area contributed by atoms with Crippen molar-refractivity contribution in [3.8, 4) is 0 Å². The standard InChI is InChI=1S/C14H23N3OS/c1-15(2)14(18)13-9-16(3)5-6-17(10-13)8-12-4-7-19-11-12/h4,7,11,13H,5-6,8-10H2,1-3H3. The quantitative estimate of drug-likeness (QED) is 0.833. The summed E-state index contributed by atoms with van der Waals surface area (Å²) >= 11 is 1.73. The van der Waals surface area contributed by atoms with Gasteiger partial charge in [-0.05, 0) is 29.4 Å². The van der Waals surface area contributed by atoms with Crippen LogP contribution in [0, 0.1) is 5.92 Å². The highest BCUT2D eigenvalue weighted by Gasteiger charge is 2.27. The van der Waals surface area contributed by atoms with E-state index in [0.717, 1.165) is 32.7 Å². The van der Waals surface area contributed by atoms with Crippen LogP contribution in [0.1, 0.15) is 5.56 Å². The van der Waals surface area contributed by atoms with Gasteiger partial charge in [0.15, 0.2) is 0 Å². The van der Waals surface area contributed by atoms with Crippen molar-refractivity contribution in [1.29, 1.82) is 0 Å². The van der Waals surface area contributed by atoms with E-state index in [-0.39, 0.29) is 11.8 Å². The number of nitrogens with zero attached hydrogens (tertiary/aromatic N) is 3. The molecule has 1 aromatic rings. The van der Waals surface area contributed by atoms with Crippen LogP contribution in [0.5, 0.6) is 0 Å². The van der Waals surface area contributed by atoms with E-state index in [9.17, 15) is 4.79 Å². The minimum Gasteiger partial charge on any atom is -0.348 e. The molecule has 4 nitrogen and oxygen atoms in total. The van der Waals surface area contributed by atoms with Crippen LogP contribution in [-0.4, -0.2) is 67.9 Å². The first-order valence-corrected chi connectivity index (χ1v) is 7.63. The lowest BCUT2D eigenvalue weighted by molar-refractivity contribution is -0.133. The summed E-state index contributed by atoms with van der Waals surface area (Å²) < 4.78 is 0. The molecule has 0 radical (unpaired) electrons. The minimum atomic E-state index is 0.0844. The Bertz CT molecular complexity index is 405. The molecule has 1 unspecified atom stereocenters. The third kappa shape index (κ3) is 4.03. The van der Waals surface area contributed by atoms with Crippen molar-refractivity contribution < 1.29 is 4.79 Å². The minimum absolute atomic E-state index is 0.0844. The van der Waals surface area contributed by atoms with Crippen LogP contribution in [0.4, 0.5) is 0 Å². The lowest BCUT2D eigenvalue weighted by Gasteiger charge is -2.25. The first-order chi connectivity index (χ1) is 9.06. The summed E-state index contributed by atoms with van der Waals surface area (Å²) in [6.07, 6.45) is 0. The maximum Gasteiger partial charge on any atom is 0.227 e. The largest absolute Gasteiger partial charge is 0.348 e. The van der Waals surface area contributed by atoms with E-state index in [2.05, 4.69) is 33.7 Å². The van der Waals surface area contributed by atoms with Crippen molar-refractivity contribution in [3.63, 3.8) is 0 Å². The molecule has 0 bridgehead atoms. The van der Waals surface area contributed by atoms with Crippen LogP contribution in [0.15, 0.2) is 16.8 Å². The molecule has 1 aliphatic heterocycles. The molecule has 0 N–H and O–H groups in total. The lowest BCUT2D eigenvalue weighted by atomic mass is 10.1. The van der Waals surface area contributed by atoms with Gasteiger partial charge in [-0.25, -0.2) is 0 Å². The zero-order chi connectivity index (χ0) is 13.8. The Morgan fingerprint density at radius 3 is 2.84 bits per heavy atom. The average Bonchev–Trinajstić information content (AvgIpc) is 2.79. The summed E-state index contributed by atoms with van der Waals surface area (Å²) in [5.41, 5.74) is 1.35. The van der Waals surface area contributed by atoms with E-state index in [0.29, 0.717) is 0 Å². The van der Waals surface area contributed by atoms with Crippen molar-refractivity contribution in [2.24, 2.45) is 5.92 Å². The van der Waals surface area contributed by atoms with E-state index in [4.69, 9.17) is 0 Å². The number of thiophene rings is 1. The Morgan fingerprint density at radius 2 is 2.21 bits per heavy atom. The van der Waals surface area contributed by atoms with Gasteiger partial charge in [0.25, 0.3) is 0 Å². The van der Waals surface area contributed by atoms with E-state index in [1.165, 1.54) is 5.56 Å². The van der Waals surface area contributed by atoms with Crippen molar-refractivity contribution in [3.05, 3.63) is 22.4 Å². The Labute approximate surface area is 119 Å². The number of likely N-dealkylation sites (N-methyl/N-ethyl adjacent to an activating group) is 1. The molecule has 1 aliphatic rings. The summed E-state index contributed by atoms with van der Waals surface area (Å²) in [5.74, 6) is 0.324. The topological polar surface area (TPSA) is 26.8 Å². The molecule has 1 amide bonds. The molecule has 1 atom stereocenters. The fourth-order valence-electron chi connectivity index (χ4n) is 2.55. The van der Waals surface area contributed by atoms with Gasteiger partial charge in [-0.1, -0.05) is 0 Å². The van der Waals surface area contributed by atoms with Crippen molar-refractivity contribution in [1.82, 2.24) is 14.7 Å². The Balaban J connectivity index is 2.02. The van der Waals surface area contributed by atoms with E-state index in [1.807, 2.05) is 14.1 Å². The molecule has 1 fully saturated rings. The second-order valence-corrected chi connectivity index (χ2v) is 6.34. The van der Waals surface area contributed by atoms with Crippen LogP contribution < -0.4 is 0 Å². The Hall–Kier alpha value is -0.910. The van der Waals surface area contributed by atoms with Crippen LogP contribution in [0.2, 0.25) is 0 Å². The third-order valence-corrected chi connectivity index (χ3v) is 4.32. The van der Waals surface area contributed by atoms with Gasteiger partial charge < -0.3 is 9.80 Å². The first kappa shape index (κ1) is 14.5. The number of hydrogen-bond donors (Lipinski definition) is 0. The maximum absolute atomic E-state index is 12.2. The van der Waals surface area contributed by atoms with Gasteiger partial charge in [0.1, 0.15) is 0 Å². The maximum atomic E-state index is 12.2. The van der Waals surface area contributed by atoms with Crippen LogP contribution in [-0.2, 0) is 11.3 Å². The normalized spacial score (nSPS) is 22.2. The van der Waals surface area contributed by atoms with Crippen LogP contribution in [0.3, 0.4) is 0 Å². The second-order valence-electron chi connectivity index (χ2n) is 5.56. The predicted molar refractivity (Wildman–Crippen MR) is 79.3 cm³/mol. The zero-order valence-corrected chi connectivity index (χ0v) is 12.8. The fourth-order valence-corrected chi connectivity index (χ4v) is 3.21. The fraction of sp³-hybridized carbons (Fsp3) is 0.643. The van der Waals surface area contributed by atoms with Crippen molar-refractivity contribution in [2.45, 2.75) is 6.54 Å². The van der Waals surface area contributed by atoms with E-state index >= 15 is 0 Å². The second kappa shape index (κ2) is 6.50. The summed E-state index contributed by atoms with van der Waals surface area (Å²) in [6, 6.07) is 2.17. The van der Waals surface area contributed by atoms with Crippen molar-refractivity contribution >= 4 is 17.2 Å². The molecule has 0 saturated carbocycles. The van der Waals surface area contributed by atoms with Gasteiger partial charge in [0.2, 0.25) is 5.91 Å². The highest BCUT2D eigenvalue weighted by molar-refractivity contribution is 7.07. The Morgan fingerprint density at radius 1 is 1.42 bits per heavy atom. The molecule has 106 valence electrons. The average molecular weight is 281 g/mol. The monoisotopic (exact) mass is 281 g/mol. The third-order valence-electron chi connectivity index (χ3n) is 3.58. The number of amides is 1. The van der Waals surface area contributed by atoms with Gasteiger partial charge in [-0.2, -0.15) is 11.3 Å². The smallest absolute Gasteiger partial charge is 0.227 e. The summed E-state index contributed by atoms with van der Waals surface area (Å²) in [7, 11) is 5.79. The first-order valence-electron chi connectivity index (χ1n) is 6.69. The lowest BCUT2D eigenvalue weighted by Crippen LogP contribution is -2.39. The number of carbonyl (C=O) groups is 1. The molecular formula is C14H23N3OS. The summed E-state index contributed by atoms with van der Waals surface area (Å²) in [6.45, 7) is 4.73. The van der Waals surface area contributed by atoms with Crippen LogP contribution in [0.25, 0.3) is 0 Å². The highest BCUT2D eigenvalue weighted by Crippen LogP contribution is 2.15. The Kier molecular flexibility index (Phi) is 4.96. The highest BCUT2D eigenvalue weighted by atomic mass is 32.1. The molecule has 0 spiro atoms. The molecular weight excluding hydrogens is 258 g/mol. The number of hydrogen-bond acceptors (Lipinski definition) is 4. The van der Waals surface area contributed by atoms with Gasteiger partial charge in [0, 0.05) is 46.8 Å². The molecule has 2 rings (SSSR count). The van der Waals surface area contributed by atoms with Gasteiger partial charge in [0.05, 0.1) is 5.92 Å². The van der Waals surface area contributed by atoms with E-state index in [1.54, 1.807) is 16.2 Å². The number of rotatable bonds is 3. The molecule has 5 heteroatoms. The molecule has 2 heterocycles. The molecule has 1 saturated heterocycles. The molecule has 0 aromatic carbocycles. The van der Waals surface area contributed by atoms with Gasteiger partial charge >= 0.3 is 0 Å². The van der Waals surface area contributed by atoms with Crippen molar-refractivity contribution in [2.75, 3.05) is 47.3 Å². The van der Waals surface area contributed by atoms with Crippen LogP contribution >= 0.6 is 11.3 Å². The number of carbonyl (C=O) groups excluding carboxylic acids is 1.